The molecule has 0 heterocycles. The van der Waals surface area contributed by atoms with E-state index < -0.39 is 10.8 Å². The van der Waals surface area contributed by atoms with E-state index in [0.29, 0.717) is 5.69 Å². The fourth-order valence-corrected chi connectivity index (χ4v) is 2.80. The van der Waals surface area contributed by atoms with E-state index in [0.717, 1.165) is 11.1 Å². The molecule has 0 unspecified atom stereocenters. The number of hydrogen-bond acceptors (Lipinski definition) is 4. The van der Waals surface area contributed by atoms with Crippen LogP contribution in [0.1, 0.15) is 21.5 Å². The van der Waals surface area contributed by atoms with Crippen LogP contribution in [0.15, 0.2) is 78.9 Å². The molecule has 0 bridgehead atoms. The van der Waals surface area contributed by atoms with Gasteiger partial charge in [-0.1, -0.05) is 66.7 Å². The van der Waals surface area contributed by atoms with Gasteiger partial charge < -0.3 is 5.32 Å². The van der Waals surface area contributed by atoms with Crippen molar-refractivity contribution in [2.45, 2.75) is 0 Å². The summed E-state index contributed by atoms with van der Waals surface area (Å²) in [4.78, 5) is 22.7. The molecule has 0 saturated heterocycles. The lowest BCUT2D eigenvalue weighted by atomic mass is 10.1. The molecule has 0 aliphatic heterocycles. The molecule has 0 spiro atoms. The largest absolute Gasteiger partial charge is 0.332 e. The van der Waals surface area contributed by atoms with Crippen molar-refractivity contribution in [3.8, 4) is 0 Å². The van der Waals surface area contributed by atoms with Crippen LogP contribution in [0.3, 0.4) is 0 Å². The van der Waals surface area contributed by atoms with Crippen molar-refractivity contribution in [1.29, 1.82) is 0 Å². The summed E-state index contributed by atoms with van der Waals surface area (Å²) in [6.07, 6.45) is 4.01. The minimum atomic E-state index is -0.641. The van der Waals surface area contributed by atoms with Crippen LogP contribution in [0.4, 0.5) is 11.4 Å². The third kappa shape index (κ3) is 5.57. The van der Waals surface area contributed by atoms with Gasteiger partial charge in [-0.3, -0.25) is 20.2 Å². The molecule has 2 N–H and O–H groups in total. The first-order valence-corrected chi connectivity index (χ1v) is 9.13. The zero-order valence-electron chi connectivity index (χ0n) is 15.2. The molecule has 0 aliphatic carbocycles. The van der Waals surface area contributed by atoms with Crippen LogP contribution in [0, 0.1) is 10.1 Å². The number of amides is 1. The number of thiocarbonyl (C=S) groups is 1. The monoisotopic (exact) mass is 403 g/mol. The third-order valence-corrected chi connectivity index (χ3v) is 4.21. The van der Waals surface area contributed by atoms with Crippen LogP contribution >= 0.6 is 12.2 Å². The van der Waals surface area contributed by atoms with Gasteiger partial charge in [-0.2, -0.15) is 0 Å². The van der Waals surface area contributed by atoms with Crippen LogP contribution in [-0.2, 0) is 0 Å². The maximum absolute atomic E-state index is 12.3. The normalized spacial score (nSPS) is 10.5. The highest BCUT2D eigenvalue weighted by Crippen LogP contribution is 2.17. The number of nitro groups is 1. The lowest BCUT2D eigenvalue weighted by Gasteiger charge is -2.10. The van der Waals surface area contributed by atoms with E-state index >= 15 is 0 Å². The number of nitrogens with zero attached hydrogens (tertiary/aromatic N) is 1. The van der Waals surface area contributed by atoms with Gasteiger partial charge in [-0.15, -0.1) is 0 Å². The van der Waals surface area contributed by atoms with Crippen LogP contribution < -0.4 is 10.6 Å². The summed E-state index contributed by atoms with van der Waals surface area (Å²) in [6.45, 7) is 0. The molecule has 0 aliphatic rings. The predicted molar refractivity (Wildman–Crippen MR) is 119 cm³/mol. The van der Waals surface area contributed by atoms with Crippen LogP contribution in [0.25, 0.3) is 12.2 Å². The zero-order valence-corrected chi connectivity index (χ0v) is 16.1. The molecule has 1 amide bonds. The van der Waals surface area contributed by atoms with E-state index in [-0.39, 0.29) is 16.4 Å². The smallest absolute Gasteiger partial charge is 0.282 e. The highest BCUT2D eigenvalue weighted by atomic mass is 32.1. The predicted octanol–water partition coefficient (Wildman–Crippen LogP) is 4.89. The highest BCUT2D eigenvalue weighted by Gasteiger charge is 2.19. The Hall–Kier alpha value is -3.84. The Morgan fingerprint density at radius 1 is 0.862 bits per heavy atom. The molecule has 3 aromatic rings. The van der Waals surface area contributed by atoms with Gasteiger partial charge in [0.15, 0.2) is 5.11 Å². The molecule has 0 atom stereocenters. The summed E-state index contributed by atoms with van der Waals surface area (Å²) in [5.74, 6) is -0.641. The van der Waals surface area contributed by atoms with Crippen molar-refractivity contribution >= 4 is 46.8 Å². The van der Waals surface area contributed by atoms with Crippen LogP contribution in [0.5, 0.6) is 0 Å². The van der Waals surface area contributed by atoms with Gasteiger partial charge in [-0.25, -0.2) is 0 Å². The summed E-state index contributed by atoms with van der Waals surface area (Å²) in [5.41, 5.74) is 2.47. The maximum atomic E-state index is 12.3. The molecular formula is C22H17N3O3S. The molecule has 3 aromatic carbocycles. The summed E-state index contributed by atoms with van der Waals surface area (Å²) in [6, 6.07) is 23.1. The Bertz CT molecular complexity index is 1060. The van der Waals surface area contributed by atoms with Crippen molar-refractivity contribution in [2.75, 3.05) is 5.32 Å². The van der Waals surface area contributed by atoms with E-state index in [2.05, 4.69) is 10.6 Å². The lowest BCUT2D eigenvalue weighted by Crippen LogP contribution is -2.34. The van der Waals surface area contributed by atoms with Gasteiger partial charge in [0.05, 0.1) is 4.92 Å². The summed E-state index contributed by atoms with van der Waals surface area (Å²) >= 11 is 5.14. The van der Waals surface area contributed by atoms with Crippen LogP contribution in [-0.4, -0.2) is 15.9 Å². The number of para-hydroxylation sites is 1. The fraction of sp³-hybridized carbons (Fsp3) is 0. The standard InChI is InChI=1S/C22H17N3O3S/c26-21(19-8-4-5-9-20(19)25(27)28)24-22(29)23-18-14-12-17(13-15-18)11-10-16-6-2-1-3-7-16/h1-15H,(H2,23,24,26,29)/b11-10+. The number of carbonyl (C=O) groups excluding carboxylic acids is 1. The molecule has 144 valence electrons. The second-order valence-corrected chi connectivity index (χ2v) is 6.46. The van der Waals surface area contributed by atoms with Crippen molar-refractivity contribution in [2.24, 2.45) is 0 Å². The molecule has 6 nitrogen and oxygen atoms in total. The fourth-order valence-electron chi connectivity index (χ4n) is 2.59. The Labute approximate surface area is 173 Å². The van der Waals surface area contributed by atoms with Crippen molar-refractivity contribution < 1.29 is 9.72 Å². The van der Waals surface area contributed by atoms with Gasteiger partial charge in [0.1, 0.15) is 5.56 Å². The molecule has 29 heavy (non-hydrogen) atoms. The first-order valence-electron chi connectivity index (χ1n) is 8.72. The SMILES string of the molecule is O=C(NC(=S)Nc1ccc(/C=C/c2ccccc2)cc1)c1ccccc1[N+](=O)[O-]. The number of hydrogen-bond donors (Lipinski definition) is 2. The summed E-state index contributed by atoms with van der Waals surface area (Å²) in [5, 5.41) is 16.5. The van der Waals surface area contributed by atoms with Gasteiger partial charge in [0.25, 0.3) is 11.6 Å². The summed E-state index contributed by atoms with van der Waals surface area (Å²) in [7, 11) is 0. The zero-order chi connectivity index (χ0) is 20.6. The first-order chi connectivity index (χ1) is 14.0. The lowest BCUT2D eigenvalue weighted by molar-refractivity contribution is -0.385. The average molecular weight is 403 g/mol. The third-order valence-electron chi connectivity index (χ3n) is 4.01. The van der Waals surface area contributed by atoms with Crippen LogP contribution in [0.2, 0.25) is 0 Å². The van der Waals surface area contributed by atoms with Crippen molar-refractivity contribution in [1.82, 2.24) is 5.32 Å². The second kappa shape index (κ2) is 9.38. The number of nitrogens with one attached hydrogen (secondary N) is 2. The van der Waals surface area contributed by atoms with Crippen molar-refractivity contribution in [3.05, 3.63) is 106 Å². The Kier molecular flexibility index (Phi) is 6.44. The minimum Gasteiger partial charge on any atom is -0.332 e. The van der Waals surface area contributed by atoms with Gasteiger partial charge >= 0.3 is 0 Å². The van der Waals surface area contributed by atoms with E-state index in [4.69, 9.17) is 12.2 Å². The number of carbonyl (C=O) groups is 1. The molecular weight excluding hydrogens is 386 g/mol. The van der Waals surface area contributed by atoms with Gasteiger partial charge in [-0.05, 0) is 41.5 Å². The first kappa shape index (κ1) is 19.9. The number of benzene rings is 3. The van der Waals surface area contributed by atoms with Gasteiger partial charge in [0, 0.05) is 11.8 Å². The maximum Gasteiger partial charge on any atom is 0.282 e. The van der Waals surface area contributed by atoms with E-state index in [9.17, 15) is 14.9 Å². The number of anilines is 1. The van der Waals surface area contributed by atoms with Gasteiger partial charge in [0.2, 0.25) is 0 Å². The molecule has 0 aromatic heterocycles. The Morgan fingerprint density at radius 3 is 2.10 bits per heavy atom. The number of nitro benzene ring substituents is 1. The topological polar surface area (TPSA) is 84.3 Å². The van der Waals surface area contributed by atoms with E-state index in [1.807, 2.05) is 66.7 Å². The molecule has 3 rings (SSSR count). The Balaban J connectivity index is 1.60. The summed E-state index contributed by atoms with van der Waals surface area (Å²) < 4.78 is 0. The van der Waals surface area contributed by atoms with Crippen molar-refractivity contribution in [3.63, 3.8) is 0 Å². The van der Waals surface area contributed by atoms with E-state index in [1.165, 1.54) is 18.2 Å². The Morgan fingerprint density at radius 2 is 1.45 bits per heavy atom. The molecule has 0 saturated carbocycles. The highest BCUT2D eigenvalue weighted by molar-refractivity contribution is 7.80. The second-order valence-electron chi connectivity index (χ2n) is 6.05. The molecule has 0 radical (unpaired) electrons. The average Bonchev–Trinajstić information content (AvgIpc) is 2.74. The molecule has 7 heteroatoms. The quantitative estimate of drug-likeness (QED) is 0.274. The minimum absolute atomic E-state index is 0.0527. The van der Waals surface area contributed by atoms with E-state index in [1.54, 1.807) is 6.07 Å². The number of rotatable bonds is 5. The molecule has 0 fully saturated rings.